The van der Waals surface area contributed by atoms with Crippen molar-refractivity contribution in [1.29, 1.82) is 0 Å². The molecule has 0 N–H and O–H groups in total. The van der Waals surface area contributed by atoms with E-state index in [9.17, 15) is 4.79 Å². The molecule has 0 unspecified atom stereocenters. The normalized spacial score (nSPS) is 10.9. The van der Waals surface area contributed by atoms with Crippen molar-refractivity contribution in [2.24, 2.45) is 0 Å². The average Bonchev–Trinajstić information content (AvgIpc) is 3.16. The van der Waals surface area contributed by atoms with Gasteiger partial charge >= 0.3 is 0 Å². The second-order valence-electron chi connectivity index (χ2n) is 7.62. The molecule has 4 aromatic rings. The smallest absolute Gasteiger partial charge is 0.264 e. The van der Waals surface area contributed by atoms with E-state index in [-0.39, 0.29) is 5.91 Å². The summed E-state index contributed by atoms with van der Waals surface area (Å²) in [5.41, 5.74) is 2.74. The standard InChI is InChI=1S/C23H23ClN6O2S/c1-14-19-21(29(2)12-16-6-7-25-10-17(16)24)27-13-28-22(19)33-20(14)23(31)30(3)11-15-5-8-26-18(9-15)32-4/h5-10,13H,11-12H2,1-4H3. The van der Waals surface area contributed by atoms with Gasteiger partial charge in [-0.15, -0.1) is 11.3 Å². The Kier molecular flexibility index (Phi) is 6.71. The van der Waals surface area contributed by atoms with Gasteiger partial charge in [-0.1, -0.05) is 11.6 Å². The van der Waals surface area contributed by atoms with Crippen molar-refractivity contribution in [3.05, 3.63) is 69.7 Å². The lowest BCUT2D eigenvalue weighted by Gasteiger charge is -2.20. The number of thiophene rings is 1. The van der Waals surface area contributed by atoms with Crippen molar-refractivity contribution in [1.82, 2.24) is 24.8 Å². The van der Waals surface area contributed by atoms with E-state index in [1.807, 2.05) is 37.1 Å². The molecule has 0 saturated carbocycles. The van der Waals surface area contributed by atoms with Crippen LogP contribution in [0.25, 0.3) is 10.2 Å². The second-order valence-corrected chi connectivity index (χ2v) is 9.03. The van der Waals surface area contributed by atoms with E-state index in [0.717, 1.165) is 32.7 Å². The summed E-state index contributed by atoms with van der Waals surface area (Å²) in [5, 5.41) is 1.47. The van der Waals surface area contributed by atoms with E-state index in [1.165, 1.54) is 17.7 Å². The van der Waals surface area contributed by atoms with Gasteiger partial charge in [-0.25, -0.2) is 15.0 Å². The van der Waals surface area contributed by atoms with E-state index in [1.54, 1.807) is 37.6 Å². The number of carbonyl (C=O) groups excluding carboxylic acids is 1. The molecule has 0 aliphatic carbocycles. The third-order valence-corrected chi connectivity index (χ3v) is 6.83. The van der Waals surface area contributed by atoms with Crippen LogP contribution in [0.5, 0.6) is 5.88 Å². The maximum absolute atomic E-state index is 13.3. The highest BCUT2D eigenvalue weighted by Gasteiger charge is 2.23. The van der Waals surface area contributed by atoms with Crippen LogP contribution in [0.4, 0.5) is 5.82 Å². The number of hydrogen-bond acceptors (Lipinski definition) is 8. The topological polar surface area (TPSA) is 84.3 Å². The first-order valence-corrected chi connectivity index (χ1v) is 11.4. The fourth-order valence-corrected chi connectivity index (χ4v) is 4.91. The van der Waals surface area contributed by atoms with Crippen molar-refractivity contribution >= 4 is 44.9 Å². The average molecular weight is 483 g/mol. The van der Waals surface area contributed by atoms with Crippen LogP contribution < -0.4 is 9.64 Å². The molecular weight excluding hydrogens is 460 g/mol. The van der Waals surface area contributed by atoms with Crippen molar-refractivity contribution in [2.45, 2.75) is 20.0 Å². The van der Waals surface area contributed by atoms with E-state index < -0.39 is 0 Å². The fraction of sp³-hybridized carbons (Fsp3) is 0.261. The van der Waals surface area contributed by atoms with Crippen LogP contribution in [0, 0.1) is 6.92 Å². The van der Waals surface area contributed by atoms with E-state index in [4.69, 9.17) is 16.3 Å². The predicted molar refractivity (Wildman–Crippen MR) is 130 cm³/mol. The first kappa shape index (κ1) is 22.9. The number of halogens is 1. The molecule has 0 bridgehead atoms. The van der Waals surface area contributed by atoms with Gasteiger partial charge in [0.1, 0.15) is 17.0 Å². The Bertz CT molecular complexity index is 1310. The number of pyridine rings is 2. The molecule has 4 aromatic heterocycles. The molecule has 0 fully saturated rings. The Morgan fingerprint density at radius 1 is 1.15 bits per heavy atom. The number of ether oxygens (including phenoxy) is 1. The number of aryl methyl sites for hydroxylation is 1. The van der Waals surface area contributed by atoms with Crippen LogP contribution in [0.15, 0.2) is 43.1 Å². The van der Waals surface area contributed by atoms with Gasteiger partial charge in [0.2, 0.25) is 5.88 Å². The SMILES string of the molecule is COc1cc(CN(C)C(=O)c2sc3ncnc(N(C)Cc4ccncc4Cl)c3c2C)ccn1. The number of amides is 1. The van der Waals surface area contributed by atoms with Gasteiger partial charge in [-0.05, 0) is 35.7 Å². The van der Waals surface area contributed by atoms with Crippen LogP contribution in [0.2, 0.25) is 5.02 Å². The minimum Gasteiger partial charge on any atom is -0.481 e. The van der Waals surface area contributed by atoms with Gasteiger partial charge < -0.3 is 14.5 Å². The molecule has 0 spiro atoms. The lowest BCUT2D eigenvalue weighted by Crippen LogP contribution is -2.26. The molecule has 4 rings (SSSR count). The van der Waals surface area contributed by atoms with Crippen LogP contribution in [0.1, 0.15) is 26.4 Å². The predicted octanol–water partition coefficient (Wildman–Crippen LogP) is 4.36. The minimum absolute atomic E-state index is 0.0722. The summed E-state index contributed by atoms with van der Waals surface area (Å²) in [4.78, 5) is 35.5. The Morgan fingerprint density at radius 2 is 1.97 bits per heavy atom. The third-order valence-electron chi connectivity index (χ3n) is 5.30. The maximum atomic E-state index is 13.3. The van der Waals surface area contributed by atoms with Crippen LogP contribution in [-0.4, -0.2) is 51.9 Å². The van der Waals surface area contributed by atoms with Gasteiger partial charge in [-0.2, -0.15) is 0 Å². The Balaban J connectivity index is 1.62. The second kappa shape index (κ2) is 9.68. The van der Waals surface area contributed by atoms with E-state index in [2.05, 4.69) is 19.9 Å². The highest BCUT2D eigenvalue weighted by molar-refractivity contribution is 7.20. The van der Waals surface area contributed by atoms with E-state index in [0.29, 0.717) is 28.9 Å². The van der Waals surface area contributed by atoms with Crippen LogP contribution >= 0.6 is 22.9 Å². The summed E-state index contributed by atoms with van der Waals surface area (Å²) in [6.07, 6.45) is 6.54. The molecule has 0 aromatic carbocycles. The lowest BCUT2D eigenvalue weighted by atomic mass is 10.1. The molecule has 33 heavy (non-hydrogen) atoms. The minimum atomic E-state index is -0.0722. The zero-order chi connectivity index (χ0) is 23.5. The summed E-state index contributed by atoms with van der Waals surface area (Å²) < 4.78 is 5.18. The quantitative estimate of drug-likeness (QED) is 0.387. The van der Waals surface area contributed by atoms with Crippen molar-refractivity contribution in [3.63, 3.8) is 0 Å². The monoisotopic (exact) mass is 482 g/mol. The Morgan fingerprint density at radius 3 is 2.73 bits per heavy atom. The van der Waals surface area contributed by atoms with Gasteiger partial charge in [-0.3, -0.25) is 9.78 Å². The number of carbonyl (C=O) groups is 1. The van der Waals surface area contributed by atoms with Gasteiger partial charge in [0, 0.05) is 51.8 Å². The highest BCUT2D eigenvalue weighted by atomic mass is 35.5. The molecule has 1 amide bonds. The third kappa shape index (κ3) is 4.74. The summed E-state index contributed by atoms with van der Waals surface area (Å²) >= 11 is 7.67. The summed E-state index contributed by atoms with van der Waals surface area (Å²) in [7, 11) is 5.29. The number of anilines is 1. The number of methoxy groups -OCH3 is 1. The summed E-state index contributed by atoms with van der Waals surface area (Å²) in [5.74, 6) is 1.20. The maximum Gasteiger partial charge on any atom is 0.264 e. The number of nitrogens with zero attached hydrogens (tertiary/aromatic N) is 6. The molecule has 0 aliphatic heterocycles. The number of aromatic nitrogens is 4. The van der Waals surface area contributed by atoms with E-state index >= 15 is 0 Å². The van der Waals surface area contributed by atoms with Crippen LogP contribution in [-0.2, 0) is 13.1 Å². The van der Waals surface area contributed by atoms with Crippen molar-refractivity contribution in [3.8, 4) is 5.88 Å². The first-order chi connectivity index (χ1) is 15.9. The first-order valence-electron chi connectivity index (χ1n) is 10.2. The summed E-state index contributed by atoms with van der Waals surface area (Å²) in [6.45, 7) is 2.93. The van der Waals surface area contributed by atoms with Crippen LogP contribution in [0.3, 0.4) is 0 Å². The number of hydrogen-bond donors (Lipinski definition) is 0. The van der Waals surface area contributed by atoms with Crippen molar-refractivity contribution in [2.75, 3.05) is 26.1 Å². The zero-order valence-corrected chi connectivity index (χ0v) is 20.3. The Labute approximate surface area is 200 Å². The van der Waals surface area contributed by atoms with Gasteiger partial charge in [0.05, 0.1) is 22.4 Å². The highest BCUT2D eigenvalue weighted by Crippen LogP contribution is 2.36. The van der Waals surface area contributed by atoms with Crippen molar-refractivity contribution < 1.29 is 9.53 Å². The lowest BCUT2D eigenvalue weighted by molar-refractivity contribution is 0.0789. The molecule has 0 saturated heterocycles. The van der Waals surface area contributed by atoms with Gasteiger partial charge in [0.25, 0.3) is 5.91 Å². The molecule has 4 heterocycles. The molecule has 0 radical (unpaired) electrons. The molecule has 10 heteroatoms. The molecule has 170 valence electrons. The molecule has 0 aliphatic rings. The molecule has 8 nitrogen and oxygen atoms in total. The molecular formula is C23H23ClN6O2S. The largest absolute Gasteiger partial charge is 0.481 e. The zero-order valence-electron chi connectivity index (χ0n) is 18.7. The number of rotatable bonds is 7. The Hall–Kier alpha value is -3.30. The number of fused-ring (bicyclic) bond motifs is 1. The summed E-state index contributed by atoms with van der Waals surface area (Å²) in [6, 6.07) is 5.58. The fourth-order valence-electron chi connectivity index (χ4n) is 3.59. The molecule has 0 atom stereocenters. The van der Waals surface area contributed by atoms with Gasteiger partial charge in [0.15, 0.2) is 0 Å².